The summed E-state index contributed by atoms with van der Waals surface area (Å²) in [7, 11) is 0. The van der Waals surface area contributed by atoms with E-state index in [2.05, 4.69) is 5.10 Å². The van der Waals surface area contributed by atoms with Gasteiger partial charge in [-0.3, -0.25) is 4.79 Å². The molecule has 0 spiro atoms. The molecule has 0 bridgehead atoms. The van der Waals surface area contributed by atoms with Crippen LogP contribution in [-0.4, -0.2) is 23.2 Å². The molecule has 0 aromatic heterocycles. The van der Waals surface area contributed by atoms with Crippen LogP contribution in [0.3, 0.4) is 0 Å². The molecule has 0 radical (unpaired) electrons. The zero-order valence-electron chi connectivity index (χ0n) is 6.37. The molecule has 1 aliphatic rings. The highest BCUT2D eigenvalue weighted by molar-refractivity contribution is 5.82. The van der Waals surface area contributed by atoms with E-state index < -0.39 is 0 Å². The molecule has 3 nitrogen and oxygen atoms in total. The molecule has 56 valence electrons. The Bertz CT molecular complexity index is 163. The molecule has 0 fully saturated rings. The number of hydrazone groups is 1. The van der Waals surface area contributed by atoms with Gasteiger partial charge in [0.15, 0.2) is 0 Å². The molecule has 10 heavy (non-hydrogen) atoms. The Balaban J connectivity index is 2.64. The predicted molar refractivity (Wildman–Crippen MR) is 39.7 cm³/mol. The topological polar surface area (TPSA) is 32.7 Å². The fourth-order valence-corrected chi connectivity index (χ4v) is 0.934. The molecule has 0 aliphatic carbocycles. The van der Waals surface area contributed by atoms with Gasteiger partial charge >= 0.3 is 0 Å². The van der Waals surface area contributed by atoms with Gasteiger partial charge in [-0.2, -0.15) is 5.10 Å². The quantitative estimate of drug-likeness (QED) is 0.535. The average molecular weight is 140 g/mol. The van der Waals surface area contributed by atoms with E-state index in [1.54, 1.807) is 6.21 Å². The Labute approximate surface area is 60.7 Å². The molecule has 0 N–H and O–H groups in total. The fraction of sp³-hybridized carbons (Fsp3) is 0.714. The number of hydrogen-bond donors (Lipinski definition) is 0. The molecule has 0 atom stereocenters. The van der Waals surface area contributed by atoms with Gasteiger partial charge in [-0.25, -0.2) is 5.01 Å². The SMILES string of the molecule is CC(C)N1N=CCCC1=O. The molecular formula is C7H12N2O. The molecule has 0 saturated heterocycles. The Morgan fingerprint density at radius 3 is 2.80 bits per heavy atom. The third-order valence-corrected chi connectivity index (χ3v) is 1.44. The van der Waals surface area contributed by atoms with Crippen LogP contribution in [0, 0.1) is 0 Å². The summed E-state index contributed by atoms with van der Waals surface area (Å²) in [6, 6.07) is 0.198. The number of nitrogens with zero attached hydrogens (tertiary/aromatic N) is 2. The first-order chi connectivity index (χ1) is 4.72. The monoisotopic (exact) mass is 140 g/mol. The average Bonchev–Trinajstić information content (AvgIpc) is 1.88. The van der Waals surface area contributed by atoms with Crippen LogP contribution in [-0.2, 0) is 4.79 Å². The van der Waals surface area contributed by atoms with Gasteiger partial charge < -0.3 is 0 Å². The van der Waals surface area contributed by atoms with E-state index in [-0.39, 0.29) is 11.9 Å². The van der Waals surface area contributed by atoms with Crippen molar-refractivity contribution in [3.63, 3.8) is 0 Å². The van der Waals surface area contributed by atoms with Crippen molar-refractivity contribution in [2.75, 3.05) is 0 Å². The highest BCUT2D eigenvalue weighted by Gasteiger charge is 2.17. The molecule has 0 aromatic carbocycles. The Hall–Kier alpha value is -0.860. The summed E-state index contributed by atoms with van der Waals surface area (Å²) in [4.78, 5) is 11.0. The van der Waals surface area contributed by atoms with Crippen LogP contribution in [0.1, 0.15) is 26.7 Å². The van der Waals surface area contributed by atoms with Crippen molar-refractivity contribution in [3.8, 4) is 0 Å². The normalized spacial score (nSPS) is 18.7. The van der Waals surface area contributed by atoms with Crippen LogP contribution >= 0.6 is 0 Å². The number of hydrogen-bond acceptors (Lipinski definition) is 2. The van der Waals surface area contributed by atoms with Gasteiger partial charge in [0.25, 0.3) is 0 Å². The van der Waals surface area contributed by atoms with E-state index in [9.17, 15) is 4.79 Å². The van der Waals surface area contributed by atoms with Gasteiger partial charge in [-0.1, -0.05) is 0 Å². The van der Waals surface area contributed by atoms with Gasteiger partial charge in [-0.15, -0.1) is 0 Å². The van der Waals surface area contributed by atoms with Crippen molar-refractivity contribution in [1.29, 1.82) is 0 Å². The Morgan fingerprint density at radius 2 is 2.40 bits per heavy atom. The van der Waals surface area contributed by atoms with Crippen LogP contribution in [0.25, 0.3) is 0 Å². The minimum absolute atomic E-state index is 0.137. The lowest BCUT2D eigenvalue weighted by molar-refractivity contribution is -0.133. The van der Waals surface area contributed by atoms with Crippen LogP contribution in [0.4, 0.5) is 0 Å². The standard InChI is InChI=1S/C7H12N2O/c1-6(2)9-7(10)4-3-5-8-9/h5-6H,3-4H2,1-2H3. The second-order valence-corrected chi connectivity index (χ2v) is 2.67. The lowest BCUT2D eigenvalue weighted by Crippen LogP contribution is -2.34. The van der Waals surface area contributed by atoms with Gasteiger partial charge in [0.2, 0.25) is 5.91 Å². The molecule has 0 unspecified atom stereocenters. The van der Waals surface area contributed by atoms with Gasteiger partial charge in [0.1, 0.15) is 0 Å². The van der Waals surface area contributed by atoms with Crippen LogP contribution < -0.4 is 0 Å². The first kappa shape index (κ1) is 7.25. The summed E-state index contributed by atoms with van der Waals surface area (Å²) in [5.74, 6) is 0.137. The minimum atomic E-state index is 0.137. The molecular weight excluding hydrogens is 128 g/mol. The van der Waals surface area contributed by atoms with Crippen LogP contribution in [0.5, 0.6) is 0 Å². The third kappa shape index (κ3) is 1.35. The summed E-state index contributed by atoms with van der Waals surface area (Å²) in [5, 5.41) is 5.50. The largest absolute Gasteiger partial charge is 0.273 e. The minimum Gasteiger partial charge on any atom is -0.273 e. The number of carbonyl (C=O) groups excluding carboxylic acids is 1. The Kier molecular flexibility index (Phi) is 2.04. The highest BCUT2D eigenvalue weighted by Crippen LogP contribution is 2.07. The van der Waals surface area contributed by atoms with Gasteiger partial charge in [-0.05, 0) is 20.3 Å². The molecule has 0 aromatic rings. The first-order valence-corrected chi connectivity index (χ1v) is 3.56. The van der Waals surface area contributed by atoms with Gasteiger partial charge in [0, 0.05) is 18.7 Å². The number of carbonyl (C=O) groups is 1. The maximum absolute atomic E-state index is 11.0. The maximum atomic E-state index is 11.0. The van der Waals surface area contributed by atoms with E-state index in [0.717, 1.165) is 6.42 Å². The van der Waals surface area contributed by atoms with E-state index in [4.69, 9.17) is 0 Å². The van der Waals surface area contributed by atoms with E-state index in [1.165, 1.54) is 5.01 Å². The number of amides is 1. The second-order valence-electron chi connectivity index (χ2n) is 2.67. The zero-order valence-corrected chi connectivity index (χ0v) is 6.37. The smallest absolute Gasteiger partial charge is 0.243 e. The third-order valence-electron chi connectivity index (χ3n) is 1.44. The summed E-state index contributed by atoms with van der Waals surface area (Å²) in [6.07, 6.45) is 3.20. The fourth-order valence-electron chi connectivity index (χ4n) is 0.934. The van der Waals surface area contributed by atoms with Crippen LogP contribution in [0.15, 0.2) is 5.10 Å². The number of rotatable bonds is 1. The van der Waals surface area contributed by atoms with Gasteiger partial charge in [0.05, 0.1) is 0 Å². The van der Waals surface area contributed by atoms with Crippen molar-refractivity contribution < 1.29 is 4.79 Å². The van der Waals surface area contributed by atoms with Crippen molar-refractivity contribution in [2.24, 2.45) is 5.10 Å². The summed E-state index contributed by atoms with van der Waals surface area (Å²) in [6.45, 7) is 3.92. The van der Waals surface area contributed by atoms with E-state index in [0.29, 0.717) is 6.42 Å². The molecule has 1 aliphatic heterocycles. The molecule has 0 saturated carbocycles. The summed E-state index contributed by atoms with van der Waals surface area (Å²) < 4.78 is 0. The van der Waals surface area contributed by atoms with Crippen molar-refractivity contribution in [3.05, 3.63) is 0 Å². The predicted octanol–water partition coefficient (Wildman–Crippen LogP) is 1.00. The summed E-state index contributed by atoms with van der Waals surface area (Å²) in [5.41, 5.74) is 0. The first-order valence-electron chi connectivity index (χ1n) is 3.56. The molecule has 1 amide bonds. The lowest BCUT2D eigenvalue weighted by Gasteiger charge is -2.23. The van der Waals surface area contributed by atoms with Crippen molar-refractivity contribution >= 4 is 12.1 Å². The Morgan fingerprint density at radius 1 is 1.70 bits per heavy atom. The van der Waals surface area contributed by atoms with Crippen molar-refractivity contribution in [2.45, 2.75) is 32.7 Å². The molecule has 1 rings (SSSR count). The molecule has 3 heteroatoms. The highest BCUT2D eigenvalue weighted by atomic mass is 16.2. The zero-order chi connectivity index (χ0) is 7.56. The lowest BCUT2D eigenvalue weighted by atomic mass is 10.2. The van der Waals surface area contributed by atoms with Crippen molar-refractivity contribution in [1.82, 2.24) is 5.01 Å². The second kappa shape index (κ2) is 2.82. The molecule has 1 heterocycles. The van der Waals surface area contributed by atoms with E-state index >= 15 is 0 Å². The van der Waals surface area contributed by atoms with Crippen LogP contribution in [0.2, 0.25) is 0 Å². The summed E-state index contributed by atoms with van der Waals surface area (Å²) >= 11 is 0. The van der Waals surface area contributed by atoms with E-state index in [1.807, 2.05) is 13.8 Å². The maximum Gasteiger partial charge on any atom is 0.243 e.